The second kappa shape index (κ2) is 8.46. The van der Waals surface area contributed by atoms with E-state index in [0.29, 0.717) is 16.2 Å². The first-order valence-electron chi connectivity index (χ1n) is 9.51. The maximum Gasteiger partial charge on any atom is 0.359 e. The minimum absolute atomic E-state index is 0.00229. The van der Waals surface area contributed by atoms with Crippen molar-refractivity contribution in [3.63, 3.8) is 0 Å². The number of para-hydroxylation sites is 2. The molecule has 0 spiro atoms. The first-order chi connectivity index (χ1) is 14.6. The average molecular weight is 420 g/mol. The fraction of sp³-hybridized carbons (Fsp3) is 0.182. The zero-order valence-corrected chi connectivity index (χ0v) is 17.4. The molecule has 2 aromatic heterocycles. The molecule has 2 aromatic carbocycles. The van der Waals surface area contributed by atoms with Crippen LogP contribution in [-0.2, 0) is 22.6 Å². The molecular formula is C22H20N4O3S. The third-order valence-electron chi connectivity index (χ3n) is 4.67. The van der Waals surface area contributed by atoms with Gasteiger partial charge in [0, 0.05) is 17.7 Å². The highest BCUT2D eigenvalue weighted by Gasteiger charge is 2.21. The van der Waals surface area contributed by atoms with Gasteiger partial charge in [0.15, 0.2) is 10.8 Å². The van der Waals surface area contributed by atoms with Crippen molar-refractivity contribution in [3.05, 3.63) is 70.9 Å². The highest BCUT2D eigenvalue weighted by atomic mass is 32.1. The minimum atomic E-state index is -0.526. The van der Waals surface area contributed by atoms with Crippen LogP contribution in [0.5, 0.6) is 0 Å². The van der Waals surface area contributed by atoms with Crippen LogP contribution >= 0.6 is 11.3 Å². The number of H-pyrrole nitrogens is 1. The van der Waals surface area contributed by atoms with Crippen molar-refractivity contribution < 1.29 is 14.3 Å². The van der Waals surface area contributed by atoms with E-state index >= 15 is 0 Å². The van der Waals surface area contributed by atoms with Crippen molar-refractivity contribution in [2.45, 2.75) is 26.9 Å². The molecular weight excluding hydrogens is 400 g/mol. The summed E-state index contributed by atoms with van der Waals surface area (Å²) < 4.78 is 5.40. The number of aryl methyl sites for hydroxylation is 1. The normalized spacial score (nSPS) is 10.9. The number of thiazole rings is 1. The van der Waals surface area contributed by atoms with Crippen molar-refractivity contribution in [1.29, 1.82) is 0 Å². The summed E-state index contributed by atoms with van der Waals surface area (Å²) in [6.45, 7) is 3.55. The van der Waals surface area contributed by atoms with Gasteiger partial charge in [-0.05, 0) is 24.1 Å². The summed E-state index contributed by atoms with van der Waals surface area (Å²) >= 11 is 1.33. The average Bonchev–Trinajstić information content (AvgIpc) is 3.39. The fourth-order valence-electron chi connectivity index (χ4n) is 3.23. The molecule has 0 bridgehead atoms. The number of nitrogens with zero attached hydrogens (tertiary/aromatic N) is 3. The maximum atomic E-state index is 12.5. The van der Waals surface area contributed by atoms with Crippen LogP contribution in [0.4, 0.5) is 10.8 Å². The number of anilines is 2. The van der Waals surface area contributed by atoms with Crippen LogP contribution in [0.1, 0.15) is 35.6 Å². The van der Waals surface area contributed by atoms with Gasteiger partial charge in [-0.25, -0.2) is 9.78 Å². The Balaban J connectivity index is 1.52. The van der Waals surface area contributed by atoms with Gasteiger partial charge < -0.3 is 4.74 Å². The number of esters is 1. The van der Waals surface area contributed by atoms with Crippen LogP contribution in [0.3, 0.4) is 0 Å². The van der Waals surface area contributed by atoms with Crippen molar-refractivity contribution in [2.24, 2.45) is 0 Å². The number of fused-ring (bicyclic) bond motifs is 1. The first-order valence-corrected chi connectivity index (χ1v) is 10.4. The predicted octanol–water partition coefficient (Wildman–Crippen LogP) is 4.62. The molecule has 2 heterocycles. The Hall–Kier alpha value is -3.52. The van der Waals surface area contributed by atoms with Gasteiger partial charge in [0.25, 0.3) is 0 Å². The lowest BCUT2D eigenvalue weighted by atomic mass is 10.1. The summed E-state index contributed by atoms with van der Waals surface area (Å²) in [5.74, 6) is -0.654. The van der Waals surface area contributed by atoms with E-state index in [-0.39, 0.29) is 18.2 Å². The smallest absolute Gasteiger partial charge is 0.359 e. The zero-order chi connectivity index (χ0) is 21.1. The van der Waals surface area contributed by atoms with Crippen LogP contribution in [0.25, 0.3) is 10.9 Å². The van der Waals surface area contributed by atoms with E-state index in [1.165, 1.54) is 18.3 Å². The van der Waals surface area contributed by atoms with E-state index in [1.807, 2.05) is 55.5 Å². The molecule has 1 amide bonds. The van der Waals surface area contributed by atoms with Gasteiger partial charge in [0.1, 0.15) is 6.61 Å². The Morgan fingerprint density at radius 3 is 2.70 bits per heavy atom. The maximum absolute atomic E-state index is 12.5. The Morgan fingerprint density at radius 1 is 1.13 bits per heavy atom. The number of hydrogen-bond acceptors (Lipinski definition) is 6. The number of aromatic nitrogens is 3. The summed E-state index contributed by atoms with van der Waals surface area (Å²) in [6.07, 6.45) is 0.799. The molecule has 0 fully saturated rings. The number of carbonyl (C=O) groups is 2. The highest BCUT2D eigenvalue weighted by molar-refractivity contribution is 7.14. The second-order valence-electron chi connectivity index (χ2n) is 6.65. The molecule has 30 heavy (non-hydrogen) atoms. The standard InChI is InChI=1S/C22H20N4O3S/c1-3-15-8-4-7-11-19(15)26(14(2)27)22-23-16(13-30-22)12-29-21(28)20-17-9-5-6-10-18(17)24-25-20/h4-11,13H,3,12H2,1-2H3,(H,24,25). The molecule has 4 aromatic rings. The molecule has 152 valence electrons. The van der Waals surface area contributed by atoms with Gasteiger partial charge in [-0.1, -0.05) is 43.3 Å². The SMILES string of the molecule is CCc1ccccc1N(C(C)=O)c1nc(COC(=O)c2n[nH]c3ccccc23)cs1. The Morgan fingerprint density at radius 2 is 1.90 bits per heavy atom. The molecule has 0 aliphatic heterocycles. The number of carbonyl (C=O) groups excluding carboxylic acids is 2. The molecule has 4 rings (SSSR count). The largest absolute Gasteiger partial charge is 0.454 e. The molecule has 0 saturated heterocycles. The number of aromatic amines is 1. The van der Waals surface area contributed by atoms with Crippen LogP contribution in [0, 0.1) is 0 Å². The summed E-state index contributed by atoms with van der Waals surface area (Å²) in [5.41, 5.74) is 3.45. The summed E-state index contributed by atoms with van der Waals surface area (Å²) in [5, 5.41) is 9.91. The third-order valence-corrected chi connectivity index (χ3v) is 5.55. The molecule has 0 aliphatic rings. The Kier molecular flexibility index (Phi) is 5.58. The first kappa shape index (κ1) is 19.8. The monoisotopic (exact) mass is 420 g/mol. The topological polar surface area (TPSA) is 88.2 Å². The fourth-order valence-corrected chi connectivity index (χ4v) is 4.09. The summed E-state index contributed by atoms with van der Waals surface area (Å²) in [7, 11) is 0. The lowest BCUT2D eigenvalue weighted by molar-refractivity contribution is -0.115. The van der Waals surface area contributed by atoms with Gasteiger partial charge in [-0.3, -0.25) is 14.8 Å². The van der Waals surface area contributed by atoms with E-state index in [4.69, 9.17) is 4.74 Å². The van der Waals surface area contributed by atoms with Crippen LogP contribution in [0.2, 0.25) is 0 Å². The van der Waals surface area contributed by atoms with E-state index < -0.39 is 5.97 Å². The summed E-state index contributed by atoms with van der Waals surface area (Å²) in [4.78, 5) is 30.9. The van der Waals surface area contributed by atoms with Crippen molar-refractivity contribution in [1.82, 2.24) is 15.2 Å². The van der Waals surface area contributed by atoms with Gasteiger partial charge in [0.05, 0.1) is 16.9 Å². The molecule has 0 saturated carbocycles. The van der Waals surface area contributed by atoms with E-state index in [9.17, 15) is 9.59 Å². The van der Waals surface area contributed by atoms with Gasteiger partial charge in [-0.15, -0.1) is 11.3 Å². The molecule has 7 nitrogen and oxygen atoms in total. The van der Waals surface area contributed by atoms with Gasteiger partial charge in [0.2, 0.25) is 5.91 Å². The molecule has 1 N–H and O–H groups in total. The predicted molar refractivity (Wildman–Crippen MR) is 116 cm³/mol. The van der Waals surface area contributed by atoms with E-state index in [0.717, 1.165) is 23.2 Å². The molecule has 0 atom stereocenters. The highest BCUT2D eigenvalue weighted by Crippen LogP contribution is 2.32. The molecule has 0 unspecified atom stereocenters. The van der Waals surface area contributed by atoms with Crippen LogP contribution < -0.4 is 4.90 Å². The third kappa shape index (κ3) is 3.81. The lowest BCUT2D eigenvalue weighted by Gasteiger charge is -2.20. The Bertz CT molecular complexity index is 1210. The second-order valence-corrected chi connectivity index (χ2v) is 7.49. The molecule has 0 radical (unpaired) electrons. The number of rotatable bonds is 6. The van der Waals surface area contributed by atoms with Crippen LogP contribution in [0.15, 0.2) is 53.9 Å². The van der Waals surface area contributed by atoms with Gasteiger partial charge in [-0.2, -0.15) is 5.10 Å². The number of amides is 1. The van der Waals surface area contributed by atoms with E-state index in [1.54, 1.807) is 10.3 Å². The van der Waals surface area contributed by atoms with Gasteiger partial charge >= 0.3 is 5.97 Å². The summed E-state index contributed by atoms with van der Waals surface area (Å²) in [6, 6.07) is 15.1. The number of nitrogens with one attached hydrogen (secondary N) is 1. The number of ether oxygens (including phenoxy) is 1. The van der Waals surface area contributed by atoms with Crippen molar-refractivity contribution in [2.75, 3.05) is 4.90 Å². The van der Waals surface area contributed by atoms with Crippen LogP contribution in [-0.4, -0.2) is 27.1 Å². The molecule has 0 aliphatic carbocycles. The minimum Gasteiger partial charge on any atom is -0.454 e. The molecule has 8 heteroatoms. The Labute approximate surface area is 177 Å². The van der Waals surface area contributed by atoms with E-state index in [2.05, 4.69) is 15.2 Å². The van der Waals surface area contributed by atoms with Crippen molar-refractivity contribution in [3.8, 4) is 0 Å². The van der Waals surface area contributed by atoms with Crippen molar-refractivity contribution >= 4 is 44.9 Å². The zero-order valence-electron chi connectivity index (χ0n) is 16.6. The number of hydrogen-bond donors (Lipinski definition) is 1. The number of benzene rings is 2. The quantitative estimate of drug-likeness (QED) is 0.460. The lowest BCUT2D eigenvalue weighted by Crippen LogP contribution is -2.23.